The van der Waals surface area contributed by atoms with E-state index in [1.54, 1.807) is 6.26 Å². The molecule has 1 fully saturated rings. The molecule has 0 radical (unpaired) electrons. The third-order valence-corrected chi connectivity index (χ3v) is 3.33. The lowest BCUT2D eigenvalue weighted by Crippen LogP contribution is -2.14. The molecule has 0 aromatic carbocycles. The highest BCUT2D eigenvalue weighted by Crippen LogP contribution is 2.33. The molecule has 1 aliphatic carbocycles. The van der Waals surface area contributed by atoms with E-state index in [9.17, 15) is 0 Å². The standard InChI is InChI=1S/C12H15N3O2/c1-7-4-5-16-10(7)11-14-12(17-15-11)8-2-3-9(13)6-8/h4-5,8-9H,2-3,6,13H2,1H3/t8-,9+/m1/s1. The summed E-state index contributed by atoms with van der Waals surface area (Å²) in [4.78, 5) is 4.40. The molecule has 0 aliphatic heterocycles. The molecular formula is C12H15N3O2. The van der Waals surface area contributed by atoms with Crippen LogP contribution in [0, 0.1) is 6.92 Å². The monoisotopic (exact) mass is 233 g/mol. The zero-order valence-corrected chi connectivity index (χ0v) is 9.72. The Morgan fingerprint density at radius 2 is 2.29 bits per heavy atom. The van der Waals surface area contributed by atoms with Gasteiger partial charge < -0.3 is 14.7 Å². The summed E-state index contributed by atoms with van der Waals surface area (Å²) < 4.78 is 10.6. The number of nitrogens with two attached hydrogens (primary N) is 1. The minimum absolute atomic E-state index is 0.265. The van der Waals surface area contributed by atoms with Crippen molar-refractivity contribution in [1.82, 2.24) is 10.1 Å². The molecule has 17 heavy (non-hydrogen) atoms. The molecule has 2 heterocycles. The number of aromatic nitrogens is 2. The maximum atomic E-state index is 5.88. The smallest absolute Gasteiger partial charge is 0.238 e. The van der Waals surface area contributed by atoms with Crippen LogP contribution in [-0.2, 0) is 0 Å². The van der Waals surface area contributed by atoms with Crippen molar-refractivity contribution in [3.8, 4) is 11.6 Å². The molecule has 0 saturated heterocycles. The van der Waals surface area contributed by atoms with E-state index in [4.69, 9.17) is 14.7 Å². The molecule has 90 valence electrons. The lowest BCUT2D eigenvalue weighted by atomic mass is 10.1. The Kier molecular flexibility index (Phi) is 2.48. The van der Waals surface area contributed by atoms with Crippen molar-refractivity contribution in [2.45, 2.75) is 38.1 Å². The van der Waals surface area contributed by atoms with Crippen molar-refractivity contribution in [3.63, 3.8) is 0 Å². The summed E-state index contributed by atoms with van der Waals surface area (Å²) in [6.45, 7) is 1.96. The van der Waals surface area contributed by atoms with Crippen LogP contribution < -0.4 is 5.73 Å². The van der Waals surface area contributed by atoms with Crippen molar-refractivity contribution in [1.29, 1.82) is 0 Å². The largest absolute Gasteiger partial charge is 0.461 e. The quantitative estimate of drug-likeness (QED) is 0.860. The highest BCUT2D eigenvalue weighted by Gasteiger charge is 2.28. The van der Waals surface area contributed by atoms with Gasteiger partial charge in [-0.25, -0.2) is 0 Å². The molecule has 5 nitrogen and oxygen atoms in total. The van der Waals surface area contributed by atoms with Crippen LogP contribution in [0.5, 0.6) is 0 Å². The summed E-state index contributed by atoms with van der Waals surface area (Å²) in [5, 5.41) is 3.97. The number of furan rings is 1. The molecule has 0 unspecified atom stereocenters. The van der Waals surface area contributed by atoms with Crippen LogP contribution in [0.25, 0.3) is 11.6 Å². The molecule has 3 rings (SSSR count). The Balaban J connectivity index is 1.86. The predicted molar refractivity (Wildman–Crippen MR) is 61.3 cm³/mol. The van der Waals surface area contributed by atoms with Gasteiger partial charge in [-0.1, -0.05) is 5.16 Å². The number of nitrogens with zero attached hydrogens (tertiary/aromatic N) is 2. The summed E-state index contributed by atoms with van der Waals surface area (Å²) >= 11 is 0. The first-order valence-corrected chi connectivity index (χ1v) is 5.87. The van der Waals surface area contributed by atoms with E-state index >= 15 is 0 Å². The molecule has 1 saturated carbocycles. The molecule has 1 aliphatic rings. The molecule has 0 bridgehead atoms. The lowest BCUT2D eigenvalue weighted by molar-refractivity contribution is 0.352. The van der Waals surface area contributed by atoms with Gasteiger partial charge in [0.1, 0.15) is 0 Å². The third-order valence-electron chi connectivity index (χ3n) is 3.33. The van der Waals surface area contributed by atoms with E-state index in [-0.39, 0.29) is 6.04 Å². The van der Waals surface area contributed by atoms with E-state index in [0.717, 1.165) is 24.8 Å². The minimum atomic E-state index is 0.265. The molecule has 2 N–H and O–H groups in total. The summed E-state index contributed by atoms with van der Waals surface area (Å²) in [7, 11) is 0. The second kappa shape index (κ2) is 4.00. The molecular weight excluding hydrogens is 218 g/mol. The van der Waals surface area contributed by atoms with Crippen LogP contribution in [0.3, 0.4) is 0 Å². The Labute approximate surface area is 99.0 Å². The number of hydrogen-bond acceptors (Lipinski definition) is 5. The Morgan fingerprint density at radius 1 is 1.41 bits per heavy atom. The third kappa shape index (κ3) is 1.86. The maximum absolute atomic E-state index is 5.88. The van der Waals surface area contributed by atoms with Gasteiger partial charge in [0.2, 0.25) is 11.7 Å². The van der Waals surface area contributed by atoms with Crippen molar-refractivity contribution < 1.29 is 8.94 Å². The van der Waals surface area contributed by atoms with E-state index in [1.165, 1.54) is 0 Å². The Bertz CT molecular complexity index is 517. The SMILES string of the molecule is Cc1ccoc1-c1noc([C@@H]2CC[C@H](N)C2)n1. The van der Waals surface area contributed by atoms with Crippen LogP contribution in [-0.4, -0.2) is 16.2 Å². The minimum Gasteiger partial charge on any atom is -0.461 e. The van der Waals surface area contributed by atoms with E-state index in [2.05, 4.69) is 10.1 Å². The van der Waals surface area contributed by atoms with Gasteiger partial charge in [-0.15, -0.1) is 0 Å². The van der Waals surface area contributed by atoms with E-state index in [1.807, 2.05) is 13.0 Å². The Hall–Kier alpha value is -1.62. The zero-order chi connectivity index (χ0) is 11.8. The second-order valence-electron chi connectivity index (χ2n) is 4.66. The van der Waals surface area contributed by atoms with Gasteiger partial charge >= 0.3 is 0 Å². The van der Waals surface area contributed by atoms with E-state index < -0.39 is 0 Å². The average Bonchev–Trinajstić information content (AvgIpc) is 2.97. The number of rotatable bonds is 2. The molecule has 0 amide bonds. The van der Waals surface area contributed by atoms with Crippen LogP contribution in [0.15, 0.2) is 21.3 Å². The fraction of sp³-hybridized carbons (Fsp3) is 0.500. The summed E-state index contributed by atoms with van der Waals surface area (Å²) in [5.74, 6) is 2.20. The average molecular weight is 233 g/mol. The molecule has 0 spiro atoms. The first-order valence-electron chi connectivity index (χ1n) is 5.87. The van der Waals surface area contributed by atoms with Crippen LogP contribution in [0.1, 0.15) is 36.6 Å². The van der Waals surface area contributed by atoms with Gasteiger partial charge in [-0.3, -0.25) is 0 Å². The van der Waals surface area contributed by atoms with Crippen LogP contribution in [0.2, 0.25) is 0 Å². The van der Waals surface area contributed by atoms with Gasteiger partial charge in [-0.2, -0.15) is 4.98 Å². The van der Waals surface area contributed by atoms with E-state index in [0.29, 0.717) is 23.4 Å². The zero-order valence-electron chi connectivity index (χ0n) is 9.72. The fourth-order valence-electron chi connectivity index (χ4n) is 2.34. The molecule has 2 atom stereocenters. The molecule has 2 aromatic heterocycles. The van der Waals surface area contributed by atoms with Crippen molar-refractivity contribution in [2.24, 2.45) is 5.73 Å². The fourth-order valence-corrected chi connectivity index (χ4v) is 2.34. The van der Waals surface area contributed by atoms with Crippen molar-refractivity contribution >= 4 is 0 Å². The predicted octanol–water partition coefficient (Wildman–Crippen LogP) is 2.23. The van der Waals surface area contributed by atoms with Gasteiger partial charge in [0, 0.05) is 12.0 Å². The Morgan fingerprint density at radius 3 is 2.94 bits per heavy atom. The van der Waals surface area contributed by atoms with Gasteiger partial charge in [0.05, 0.1) is 6.26 Å². The summed E-state index contributed by atoms with van der Waals surface area (Å²) in [6.07, 6.45) is 4.62. The summed E-state index contributed by atoms with van der Waals surface area (Å²) in [5.41, 5.74) is 6.89. The highest BCUT2D eigenvalue weighted by molar-refractivity contribution is 5.51. The maximum Gasteiger partial charge on any atom is 0.238 e. The van der Waals surface area contributed by atoms with Crippen molar-refractivity contribution in [3.05, 3.63) is 23.8 Å². The summed E-state index contributed by atoms with van der Waals surface area (Å²) in [6, 6.07) is 2.15. The van der Waals surface area contributed by atoms with Gasteiger partial charge in [-0.05, 0) is 37.8 Å². The first kappa shape index (κ1) is 10.5. The molecule has 2 aromatic rings. The second-order valence-corrected chi connectivity index (χ2v) is 4.66. The lowest BCUT2D eigenvalue weighted by Gasteiger charge is -2.01. The van der Waals surface area contributed by atoms with Gasteiger partial charge in [0.15, 0.2) is 5.76 Å². The number of hydrogen-bond donors (Lipinski definition) is 1. The van der Waals surface area contributed by atoms with Crippen molar-refractivity contribution in [2.75, 3.05) is 0 Å². The first-order chi connectivity index (χ1) is 8.24. The van der Waals surface area contributed by atoms with Crippen LogP contribution in [0.4, 0.5) is 0 Å². The molecule has 5 heteroatoms. The van der Waals surface area contributed by atoms with Crippen LogP contribution >= 0.6 is 0 Å². The number of aryl methyl sites for hydroxylation is 1. The highest BCUT2D eigenvalue weighted by atomic mass is 16.5. The van der Waals surface area contributed by atoms with Gasteiger partial charge in [0.25, 0.3) is 0 Å². The normalized spacial score (nSPS) is 24.4. The topological polar surface area (TPSA) is 78.1 Å².